The van der Waals surface area contributed by atoms with Crippen molar-refractivity contribution in [3.63, 3.8) is 0 Å². The maximum Gasteiger partial charge on any atom is 0.190 e. The summed E-state index contributed by atoms with van der Waals surface area (Å²) in [5.74, 6) is 0.136. The number of hydrogen-bond donors (Lipinski definition) is 0. The second-order valence-corrected chi connectivity index (χ2v) is 20.9. The van der Waals surface area contributed by atoms with Crippen molar-refractivity contribution in [1.29, 1.82) is 0 Å². The molecule has 0 radical (unpaired) electrons. The zero-order chi connectivity index (χ0) is 41.2. The van der Waals surface area contributed by atoms with E-state index in [9.17, 15) is 0 Å². The lowest BCUT2D eigenvalue weighted by Crippen LogP contribution is -2.39. The third-order valence-electron chi connectivity index (χ3n) is 12.4. The Hall–Kier alpha value is -7.03. The Balaban J connectivity index is 0.988. The summed E-state index contributed by atoms with van der Waals surface area (Å²) in [6.45, 7) is 0. The van der Waals surface area contributed by atoms with Crippen LogP contribution in [0.1, 0.15) is 12.1 Å². The summed E-state index contributed by atoms with van der Waals surface area (Å²) < 4.78 is 17.8. The van der Waals surface area contributed by atoms with Crippen molar-refractivity contribution in [3.8, 4) is 0 Å². The van der Waals surface area contributed by atoms with E-state index in [2.05, 4.69) is 132 Å². The van der Waals surface area contributed by atoms with Crippen molar-refractivity contribution in [2.24, 2.45) is 5.92 Å². The van der Waals surface area contributed by atoms with Gasteiger partial charge in [-0.2, -0.15) is 0 Å². The first-order chi connectivity index (χ1) is 30.6. The molecular formula is C55H38N4OP2. The molecule has 12 rings (SSSR count). The number of aromatic nitrogens is 4. The molecule has 2 aliphatic rings. The molecule has 0 aliphatic heterocycles. The maximum absolute atomic E-state index is 15.4. The second kappa shape index (κ2) is 14.9. The summed E-state index contributed by atoms with van der Waals surface area (Å²) in [6.07, 6.45) is 11.9. The Bertz CT molecular complexity index is 3600. The van der Waals surface area contributed by atoms with E-state index in [0.717, 1.165) is 56.0 Å². The van der Waals surface area contributed by atoms with Gasteiger partial charge in [0.15, 0.2) is 7.14 Å². The van der Waals surface area contributed by atoms with E-state index in [4.69, 9.17) is 15.0 Å². The molecule has 0 saturated heterocycles. The topological polar surface area (TPSA) is 60.2 Å². The lowest BCUT2D eigenvalue weighted by Gasteiger charge is -2.24. The van der Waals surface area contributed by atoms with Gasteiger partial charge in [0.1, 0.15) is 11.1 Å². The molecule has 0 N–H and O–H groups in total. The van der Waals surface area contributed by atoms with Gasteiger partial charge in [-0.25, -0.2) is 9.97 Å². The number of hydrogen-bond acceptors (Lipinski definition) is 4. The van der Waals surface area contributed by atoms with Crippen molar-refractivity contribution >= 4 is 103 Å². The molecule has 10 aromatic rings. The zero-order valence-corrected chi connectivity index (χ0v) is 35.4. The van der Waals surface area contributed by atoms with E-state index in [1.54, 1.807) is 6.20 Å². The number of benzene rings is 6. The molecule has 2 atom stereocenters. The van der Waals surface area contributed by atoms with Crippen LogP contribution in [0.3, 0.4) is 0 Å². The molecule has 0 bridgehead atoms. The van der Waals surface area contributed by atoms with Crippen molar-refractivity contribution in [1.82, 2.24) is 19.4 Å². The molecule has 0 amide bonds. The van der Waals surface area contributed by atoms with Gasteiger partial charge in [0, 0.05) is 38.7 Å². The largest absolute Gasteiger partial charge is 0.307 e. The zero-order valence-electron chi connectivity index (χ0n) is 33.6. The Morgan fingerprint density at radius 3 is 2.06 bits per heavy atom. The molecule has 0 saturated carbocycles. The lowest BCUT2D eigenvalue weighted by atomic mass is 9.83. The fraction of sp³-hybridized carbons (Fsp3) is 0.0364. The standard InChI is InChI=1S/C55H38N4OP2/c60-62(43-19-8-3-9-20-43,53-33-26-37-14-10-13-23-50(37)57-53)44-28-32-49(56-36-44)39-25-29-45-38(34-39)24-30-47-46-21-11-12-22-48(46)55-58-51-31-27-42(35-52(51)59(55)54(45)47)61(40-15-4-1-5-16-40)41-17-6-2-7-18-41/h1-23,25-36,38H,24H2. The average Bonchev–Trinajstić information content (AvgIpc) is 3.73. The number of allylic oxidation sites excluding steroid dienone is 4. The Morgan fingerprint density at radius 1 is 0.597 bits per heavy atom. The first-order valence-electron chi connectivity index (χ1n) is 21.0. The summed E-state index contributed by atoms with van der Waals surface area (Å²) in [5, 5.41) is 11.2. The SMILES string of the molecule is O=P(c1ccccc1)(c1ccc(C2=CC3CC=c4c(n5c6cc(P(c7ccccc7)c7ccccc7)ccc6nc5c5ccccc45)=C3C=C2)nc1)c1ccc2ccccc2n1. The molecule has 294 valence electrons. The van der Waals surface area contributed by atoms with Gasteiger partial charge in [-0.05, 0) is 83.2 Å². The minimum absolute atomic E-state index is 0.136. The maximum atomic E-state index is 15.4. The van der Waals surface area contributed by atoms with Gasteiger partial charge >= 0.3 is 0 Å². The minimum atomic E-state index is -3.33. The van der Waals surface area contributed by atoms with Gasteiger partial charge in [0.2, 0.25) is 0 Å². The van der Waals surface area contributed by atoms with E-state index in [1.165, 1.54) is 37.4 Å². The summed E-state index contributed by atoms with van der Waals surface area (Å²) in [5.41, 5.74) is 7.61. The predicted octanol–water partition coefficient (Wildman–Crippen LogP) is 8.59. The van der Waals surface area contributed by atoms with Gasteiger partial charge in [-0.1, -0.05) is 170 Å². The number of pyridine rings is 3. The fourth-order valence-electron chi connectivity index (χ4n) is 9.42. The third-order valence-corrected chi connectivity index (χ3v) is 17.7. The van der Waals surface area contributed by atoms with Gasteiger partial charge in [-0.3, -0.25) is 9.38 Å². The highest BCUT2D eigenvalue weighted by Crippen LogP contribution is 2.42. The highest BCUT2D eigenvalue weighted by molar-refractivity contribution is 7.85. The minimum Gasteiger partial charge on any atom is -0.307 e. The van der Waals surface area contributed by atoms with Gasteiger partial charge in [0.25, 0.3) is 0 Å². The molecule has 4 aromatic heterocycles. The van der Waals surface area contributed by atoms with Crippen LogP contribution in [0, 0.1) is 5.92 Å². The molecule has 7 heteroatoms. The number of nitrogens with zero attached hydrogens (tertiary/aromatic N) is 4. The van der Waals surface area contributed by atoms with E-state index >= 15 is 4.57 Å². The molecule has 2 unspecified atom stereocenters. The third kappa shape index (κ3) is 5.96. The Kier molecular flexibility index (Phi) is 8.81. The van der Waals surface area contributed by atoms with Crippen LogP contribution in [0.25, 0.3) is 55.6 Å². The van der Waals surface area contributed by atoms with E-state index in [0.29, 0.717) is 10.7 Å². The monoisotopic (exact) mass is 832 g/mol. The van der Waals surface area contributed by atoms with Crippen LogP contribution in [0.4, 0.5) is 0 Å². The summed E-state index contributed by atoms with van der Waals surface area (Å²) in [6, 6.07) is 62.9. The highest BCUT2D eigenvalue weighted by Gasteiger charge is 2.32. The number of rotatable bonds is 7. The molecule has 2 aliphatic carbocycles. The van der Waals surface area contributed by atoms with Crippen LogP contribution >= 0.6 is 15.1 Å². The summed E-state index contributed by atoms with van der Waals surface area (Å²) in [7, 11) is -4.13. The first kappa shape index (κ1) is 36.8. The normalized spacial score (nSPS) is 15.7. The lowest BCUT2D eigenvalue weighted by molar-refractivity contribution is 0.592. The molecular weight excluding hydrogens is 795 g/mol. The smallest absolute Gasteiger partial charge is 0.190 e. The molecule has 62 heavy (non-hydrogen) atoms. The molecule has 5 nitrogen and oxygen atoms in total. The van der Waals surface area contributed by atoms with Crippen molar-refractivity contribution < 1.29 is 4.57 Å². The molecule has 0 spiro atoms. The van der Waals surface area contributed by atoms with Crippen molar-refractivity contribution in [2.45, 2.75) is 6.42 Å². The van der Waals surface area contributed by atoms with Crippen LogP contribution in [-0.2, 0) is 4.57 Å². The van der Waals surface area contributed by atoms with Crippen LogP contribution in [0.2, 0.25) is 0 Å². The van der Waals surface area contributed by atoms with Gasteiger partial charge < -0.3 is 4.57 Å². The summed E-state index contributed by atoms with van der Waals surface area (Å²) in [4.78, 5) is 15.3. The fourth-order valence-corrected chi connectivity index (χ4v) is 14.2. The Morgan fingerprint density at radius 2 is 1.31 bits per heavy atom. The number of fused-ring (bicyclic) bond motifs is 10. The van der Waals surface area contributed by atoms with E-state index in [-0.39, 0.29) is 5.92 Å². The Labute approximate surface area is 359 Å². The summed E-state index contributed by atoms with van der Waals surface area (Å²) >= 11 is 0. The van der Waals surface area contributed by atoms with E-state index < -0.39 is 15.1 Å². The van der Waals surface area contributed by atoms with Crippen molar-refractivity contribution in [3.05, 3.63) is 223 Å². The molecule has 6 aromatic carbocycles. The average molecular weight is 833 g/mol. The van der Waals surface area contributed by atoms with Crippen LogP contribution in [0.5, 0.6) is 0 Å². The van der Waals surface area contributed by atoms with Crippen LogP contribution in [0.15, 0.2) is 206 Å². The quantitative estimate of drug-likeness (QED) is 0.151. The number of para-hydroxylation sites is 1. The predicted molar refractivity (Wildman–Crippen MR) is 260 cm³/mol. The van der Waals surface area contributed by atoms with Gasteiger partial charge in [-0.15, -0.1) is 0 Å². The van der Waals surface area contributed by atoms with Crippen molar-refractivity contribution in [2.75, 3.05) is 0 Å². The van der Waals surface area contributed by atoms with Crippen LogP contribution in [-0.4, -0.2) is 19.4 Å². The molecule has 4 heterocycles. The van der Waals surface area contributed by atoms with E-state index in [1.807, 2.05) is 78.9 Å². The molecule has 0 fully saturated rings. The first-order valence-corrected chi connectivity index (χ1v) is 24.0. The number of imidazole rings is 1. The second-order valence-electron chi connectivity index (χ2n) is 15.9. The van der Waals surface area contributed by atoms with Gasteiger partial charge in [0.05, 0.1) is 27.6 Å². The van der Waals surface area contributed by atoms with Crippen LogP contribution < -0.4 is 42.5 Å². The highest BCUT2D eigenvalue weighted by atomic mass is 31.2.